The molecule has 0 bridgehead atoms. The van der Waals surface area contributed by atoms with Crippen LogP contribution in [0.1, 0.15) is 49.2 Å². The molecule has 2 aromatic rings. The molecule has 0 saturated heterocycles. The highest BCUT2D eigenvalue weighted by molar-refractivity contribution is 5.96. The van der Waals surface area contributed by atoms with Gasteiger partial charge in [0.2, 0.25) is 0 Å². The number of hydrogen-bond acceptors (Lipinski definition) is 3. The van der Waals surface area contributed by atoms with Gasteiger partial charge >= 0.3 is 0 Å². The number of aryl methyl sites for hydroxylation is 1. The number of fused-ring (bicyclic) bond motifs is 1. The predicted octanol–water partition coefficient (Wildman–Crippen LogP) is 2.93. The number of nitrogens with zero attached hydrogens (tertiary/aromatic N) is 1. The predicted molar refractivity (Wildman–Crippen MR) is 93.6 cm³/mol. The molecule has 1 aliphatic carbocycles. The summed E-state index contributed by atoms with van der Waals surface area (Å²) in [5.41, 5.74) is 1.84. The van der Waals surface area contributed by atoms with Gasteiger partial charge in [0.15, 0.2) is 0 Å². The number of rotatable bonds is 7. The number of carbonyl (C=O) groups is 1. The quantitative estimate of drug-likeness (QED) is 0.820. The molecule has 5 nitrogen and oxygen atoms in total. The molecule has 3 rings (SSSR count). The average Bonchev–Trinajstić information content (AvgIpc) is 3.33. The number of hydrogen-bond donors (Lipinski definition) is 2. The van der Waals surface area contributed by atoms with Gasteiger partial charge in [-0.25, -0.2) is 0 Å². The Morgan fingerprint density at radius 3 is 2.83 bits per heavy atom. The highest BCUT2D eigenvalue weighted by Gasteiger charge is 2.26. The summed E-state index contributed by atoms with van der Waals surface area (Å²) in [5.74, 6) is 1.29. The number of aliphatic hydroxyl groups excluding tert-OH is 1. The third kappa shape index (κ3) is 3.41. The third-order valence-electron chi connectivity index (χ3n) is 4.87. The maximum absolute atomic E-state index is 12.8. The Labute approximate surface area is 142 Å². The standard InChI is InChI=1S/C19H26N2O3/c1-4-19(3,12-22)20-18(23)17-13(2)9-15-7-8-16(10-21(15)17)24-11-14-5-6-14/h7-10,14,22H,4-6,11-12H2,1-3H3,(H,20,23). The highest BCUT2D eigenvalue weighted by atomic mass is 16.5. The molecule has 1 amide bonds. The van der Waals surface area contributed by atoms with Gasteiger partial charge in [-0.05, 0) is 62.8 Å². The Kier molecular flexibility index (Phi) is 4.54. The summed E-state index contributed by atoms with van der Waals surface area (Å²) >= 11 is 0. The fourth-order valence-corrected chi connectivity index (χ4v) is 2.73. The van der Waals surface area contributed by atoms with Gasteiger partial charge in [-0.1, -0.05) is 6.92 Å². The van der Waals surface area contributed by atoms with Crippen molar-refractivity contribution in [3.63, 3.8) is 0 Å². The van der Waals surface area contributed by atoms with Crippen molar-refractivity contribution in [1.82, 2.24) is 9.72 Å². The van der Waals surface area contributed by atoms with Crippen molar-refractivity contribution < 1.29 is 14.6 Å². The van der Waals surface area contributed by atoms with Crippen LogP contribution in [0.4, 0.5) is 0 Å². The molecule has 130 valence electrons. The fraction of sp³-hybridized carbons (Fsp3) is 0.526. The second-order valence-electron chi connectivity index (χ2n) is 7.12. The first kappa shape index (κ1) is 16.8. The van der Waals surface area contributed by atoms with Gasteiger partial charge in [0.05, 0.1) is 24.9 Å². The van der Waals surface area contributed by atoms with Gasteiger partial charge in [0, 0.05) is 5.52 Å². The van der Waals surface area contributed by atoms with E-state index >= 15 is 0 Å². The van der Waals surface area contributed by atoms with Gasteiger partial charge < -0.3 is 19.6 Å². The molecule has 1 saturated carbocycles. The van der Waals surface area contributed by atoms with Crippen LogP contribution in [0.3, 0.4) is 0 Å². The summed E-state index contributed by atoms with van der Waals surface area (Å²) < 4.78 is 7.71. The number of nitrogens with one attached hydrogen (secondary N) is 1. The largest absolute Gasteiger partial charge is 0.492 e. The Hall–Kier alpha value is -2.01. The molecular weight excluding hydrogens is 304 g/mol. The van der Waals surface area contributed by atoms with Crippen LogP contribution in [0, 0.1) is 12.8 Å². The lowest BCUT2D eigenvalue weighted by atomic mass is 10.00. The molecule has 1 unspecified atom stereocenters. The molecule has 0 aliphatic heterocycles. The number of ether oxygens (including phenoxy) is 1. The second-order valence-corrected chi connectivity index (χ2v) is 7.12. The second kappa shape index (κ2) is 6.48. The first-order valence-electron chi connectivity index (χ1n) is 8.63. The van der Waals surface area contributed by atoms with Crippen molar-refractivity contribution in [2.45, 2.75) is 45.6 Å². The van der Waals surface area contributed by atoms with Crippen molar-refractivity contribution in [1.29, 1.82) is 0 Å². The zero-order valence-electron chi connectivity index (χ0n) is 14.6. The normalized spacial score (nSPS) is 16.8. The number of pyridine rings is 1. The molecule has 2 heterocycles. The van der Waals surface area contributed by atoms with E-state index in [-0.39, 0.29) is 12.5 Å². The van der Waals surface area contributed by atoms with Crippen molar-refractivity contribution in [2.75, 3.05) is 13.2 Å². The van der Waals surface area contributed by atoms with Crippen LogP contribution in [-0.4, -0.2) is 34.2 Å². The first-order valence-corrected chi connectivity index (χ1v) is 8.63. The molecule has 2 N–H and O–H groups in total. The SMILES string of the molecule is CCC(C)(CO)NC(=O)c1c(C)cc2ccc(OCC3CC3)cn12. The van der Waals surface area contributed by atoms with Gasteiger partial charge in [-0.15, -0.1) is 0 Å². The number of carbonyl (C=O) groups excluding carboxylic acids is 1. The lowest BCUT2D eigenvalue weighted by molar-refractivity contribution is 0.0841. The zero-order chi connectivity index (χ0) is 17.3. The fourth-order valence-electron chi connectivity index (χ4n) is 2.73. The van der Waals surface area contributed by atoms with Crippen LogP contribution in [0.5, 0.6) is 5.75 Å². The maximum atomic E-state index is 12.8. The molecule has 1 aliphatic rings. The number of aliphatic hydroxyl groups is 1. The zero-order valence-corrected chi connectivity index (χ0v) is 14.6. The lowest BCUT2D eigenvalue weighted by Crippen LogP contribution is -2.48. The minimum Gasteiger partial charge on any atom is -0.492 e. The van der Waals surface area contributed by atoms with Crippen LogP contribution in [0.15, 0.2) is 24.4 Å². The Bertz CT molecular complexity index is 742. The number of aromatic nitrogens is 1. The van der Waals surface area contributed by atoms with E-state index in [4.69, 9.17) is 4.74 Å². The van der Waals surface area contributed by atoms with Crippen LogP contribution in [0.25, 0.3) is 5.52 Å². The Morgan fingerprint density at radius 1 is 1.46 bits per heavy atom. The molecular formula is C19H26N2O3. The van der Waals surface area contributed by atoms with Crippen LogP contribution in [-0.2, 0) is 0 Å². The number of amides is 1. The minimum absolute atomic E-state index is 0.0899. The summed E-state index contributed by atoms with van der Waals surface area (Å²) in [4.78, 5) is 12.8. The molecule has 1 fully saturated rings. The van der Waals surface area contributed by atoms with E-state index in [0.29, 0.717) is 18.0 Å². The summed E-state index contributed by atoms with van der Waals surface area (Å²) in [6, 6.07) is 5.90. The molecule has 1 atom stereocenters. The van der Waals surface area contributed by atoms with E-state index in [2.05, 4.69) is 5.32 Å². The van der Waals surface area contributed by atoms with E-state index in [9.17, 15) is 9.90 Å². The molecule has 0 radical (unpaired) electrons. The van der Waals surface area contributed by atoms with Crippen molar-refractivity contribution in [3.05, 3.63) is 35.7 Å². The monoisotopic (exact) mass is 330 g/mol. The first-order chi connectivity index (χ1) is 11.5. The smallest absolute Gasteiger partial charge is 0.269 e. The molecule has 2 aromatic heterocycles. The molecule has 24 heavy (non-hydrogen) atoms. The van der Waals surface area contributed by atoms with Gasteiger partial charge in [0.25, 0.3) is 5.91 Å². The maximum Gasteiger partial charge on any atom is 0.269 e. The molecule has 0 aromatic carbocycles. The summed E-state index contributed by atoms with van der Waals surface area (Å²) in [6.45, 7) is 6.37. The molecule has 5 heteroatoms. The highest BCUT2D eigenvalue weighted by Crippen LogP contribution is 2.30. The Balaban J connectivity index is 1.88. The summed E-state index contributed by atoms with van der Waals surface area (Å²) in [5, 5.41) is 12.5. The van der Waals surface area contributed by atoms with E-state index in [1.165, 1.54) is 12.8 Å². The topological polar surface area (TPSA) is 63.0 Å². The van der Waals surface area contributed by atoms with Gasteiger partial charge in [-0.2, -0.15) is 0 Å². The molecule has 0 spiro atoms. The van der Waals surface area contributed by atoms with E-state index < -0.39 is 5.54 Å². The van der Waals surface area contributed by atoms with Crippen LogP contribution < -0.4 is 10.1 Å². The van der Waals surface area contributed by atoms with Gasteiger partial charge in [-0.3, -0.25) is 4.79 Å². The van der Waals surface area contributed by atoms with E-state index in [1.54, 1.807) is 0 Å². The van der Waals surface area contributed by atoms with Crippen molar-refractivity contribution in [3.8, 4) is 5.75 Å². The van der Waals surface area contributed by atoms with Gasteiger partial charge in [0.1, 0.15) is 11.4 Å². The minimum atomic E-state index is -0.617. The summed E-state index contributed by atoms with van der Waals surface area (Å²) in [6.07, 6.45) is 5.03. The van der Waals surface area contributed by atoms with Crippen LogP contribution >= 0.6 is 0 Å². The third-order valence-corrected chi connectivity index (χ3v) is 4.87. The Morgan fingerprint density at radius 2 is 2.21 bits per heavy atom. The van der Waals surface area contributed by atoms with E-state index in [1.807, 2.05) is 49.6 Å². The average molecular weight is 330 g/mol. The summed E-state index contributed by atoms with van der Waals surface area (Å²) in [7, 11) is 0. The van der Waals surface area contributed by atoms with Crippen molar-refractivity contribution >= 4 is 11.4 Å². The lowest BCUT2D eigenvalue weighted by Gasteiger charge is -2.27. The van der Waals surface area contributed by atoms with E-state index in [0.717, 1.165) is 23.4 Å². The van der Waals surface area contributed by atoms with Crippen LogP contribution in [0.2, 0.25) is 0 Å². The van der Waals surface area contributed by atoms with Crippen molar-refractivity contribution in [2.24, 2.45) is 5.92 Å².